The predicted molar refractivity (Wildman–Crippen MR) is 152 cm³/mol. The second kappa shape index (κ2) is 10.3. The van der Waals surface area contributed by atoms with E-state index in [-0.39, 0.29) is 29.0 Å². The maximum atomic E-state index is 14.2. The summed E-state index contributed by atoms with van der Waals surface area (Å²) in [6.07, 6.45) is 5.21. The van der Waals surface area contributed by atoms with Crippen LogP contribution in [0.4, 0.5) is 5.82 Å². The van der Waals surface area contributed by atoms with Crippen LogP contribution in [0.5, 0.6) is 6.01 Å². The molecule has 1 atom stereocenters. The fourth-order valence-electron chi connectivity index (χ4n) is 5.72. The summed E-state index contributed by atoms with van der Waals surface area (Å²) in [4.78, 5) is 46.7. The van der Waals surface area contributed by atoms with Gasteiger partial charge in [-0.1, -0.05) is 12.6 Å². The predicted octanol–water partition coefficient (Wildman–Crippen LogP) is 1.98. The molecule has 208 valence electrons. The molecule has 5 heterocycles. The van der Waals surface area contributed by atoms with Crippen LogP contribution in [-0.4, -0.2) is 97.8 Å². The summed E-state index contributed by atoms with van der Waals surface area (Å²) in [6.45, 7) is 10.9. The minimum Gasteiger partial charge on any atom is -0.462 e. The Morgan fingerprint density at radius 2 is 1.93 bits per heavy atom. The number of likely N-dealkylation sites (tertiary alicyclic amines) is 1. The van der Waals surface area contributed by atoms with Gasteiger partial charge in [0, 0.05) is 37.6 Å². The number of hydrogen-bond acceptors (Lipinski definition) is 9. The number of ether oxygens (including phenoxy) is 1. The Kier molecular flexibility index (Phi) is 6.70. The second-order valence-corrected chi connectivity index (χ2v) is 10.5. The molecule has 0 radical (unpaired) electrons. The van der Waals surface area contributed by atoms with E-state index >= 15 is 0 Å². The zero-order valence-corrected chi connectivity index (χ0v) is 23.1. The number of carbonyl (C=O) groups is 1. The number of fused-ring (bicyclic) bond motifs is 2. The monoisotopic (exact) mass is 543 g/mol. The number of nitrogens with one attached hydrogen (secondary N) is 1. The van der Waals surface area contributed by atoms with Crippen molar-refractivity contribution in [2.24, 2.45) is 0 Å². The molecule has 2 fully saturated rings. The van der Waals surface area contributed by atoms with E-state index in [1.165, 1.54) is 6.08 Å². The first kappa shape index (κ1) is 25.9. The summed E-state index contributed by atoms with van der Waals surface area (Å²) in [5, 5.41) is 7.99. The number of carbonyl (C=O) groups excluding carboxylic acids is 1. The molecule has 6 rings (SSSR count). The molecular weight excluding hydrogens is 510 g/mol. The average Bonchev–Trinajstić information content (AvgIpc) is 3.61. The van der Waals surface area contributed by atoms with Crippen molar-refractivity contribution >= 4 is 33.7 Å². The minimum absolute atomic E-state index is 0.0995. The summed E-state index contributed by atoms with van der Waals surface area (Å²) in [5.41, 5.74) is 2.77. The van der Waals surface area contributed by atoms with E-state index in [4.69, 9.17) is 14.7 Å². The van der Waals surface area contributed by atoms with Crippen LogP contribution in [0.2, 0.25) is 0 Å². The fourth-order valence-corrected chi connectivity index (χ4v) is 5.72. The molecule has 1 N–H and O–H groups in total. The van der Waals surface area contributed by atoms with Gasteiger partial charge in [-0.25, -0.2) is 4.98 Å². The normalized spacial score (nSPS) is 18.1. The maximum Gasteiger partial charge on any atom is 0.319 e. The molecular formula is C28H33N9O3. The number of amides is 1. The Balaban J connectivity index is 1.47. The molecule has 0 saturated carbocycles. The van der Waals surface area contributed by atoms with Gasteiger partial charge in [-0.15, -0.1) is 0 Å². The van der Waals surface area contributed by atoms with E-state index in [9.17, 15) is 9.59 Å². The highest BCUT2D eigenvalue weighted by atomic mass is 16.5. The third kappa shape index (κ3) is 4.47. The van der Waals surface area contributed by atoms with Crippen molar-refractivity contribution in [1.82, 2.24) is 39.5 Å². The van der Waals surface area contributed by atoms with Crippen molar-refractivity contribution in [1.29, 1.82) is 0 Å². The number of aromatic amines is 1. The van der Waals surface area contributed by atoms with Gasteiger partial charge < -0.3 is 19.4 Å². The molecule has 12 heteroatoms. The molecule has 1 amide bonds. The van der Waals surface area contributed by atoms with Crippen LogP contribution in [0.15, 0.2) is 35.8 Å². The first-order valence-electron chi connectivity index (χ1n) is 13.6. The van der Waals surface area contributed by atoms with Gasteiger partial charge in [0.1, 0.15) is 17.9 Å². The quantitative estimate of drug-likeness (QED) is 0.363. The van der Waals surface area contributed by atoms with Gasteiger partial charge in [0.2, 0.25) is 5.91 Å². The molecule has 12 nitrogen and oxygen atoms in total. The van der Waals surface area contributed by atoms with E-state index in [1.807, 2.05) is 30.9 Å². The standard InChI is InChI=1S/C28H33N9O3/c1-5-22(38)35-11-13-36(14-12-35)26-23-24(31-28(32-26)40-16-19-7-6-10-34(19)4)27(39)37(18(3)30-23)25-17(2)8-9-21-20(25)15-29-33-21/h5,8-9,15,19H,1,6-7,10-14,16H2,2-4H3,(H,29,33). The van der Waals surface area contributed by atoms with Crippen LogP contribution < -0.4 is 15.2 Å². The molecule has 0 aliphatic carbocycles. The van der Waals surface area contributed by atoms with E-state index in [1.54, 1.807) is 15.7 Å². The first-order chi connectivity index (χ1) is 19.4. The van der Waals surface area contributed by atoms with Crippen molar-refractivity contribution in [3.05, 3.63) is 52.7 Å². The smallest absolute Gasteiger partial charge is 0.319 e. The van der Waals surface area contributed by atoms with Crippen molar-refractivity contribution in [2.75, 3.05) is 51.3 Å². The van der Waals surface area contributed by atoms with Crippen LogP contribution in [0.1, 0.15) is 24.2 Å². The minimum atomic E-state index is -0.300. The van der Waals surface area contributed by atoms with Gasteiger partial charge in [0.25, 0.3) is 5.56 Å². The number of hydrogen-bond donors (Lipinski definition) is 1. The SMILES string of the molecule is C=CC(=O)N1CCN(c2nc(OCC3CCCN3C)nc3c(=O)n(-c4c(C)ccc5[nH]ncc45)c(C)nc23)CC1. The number of anilines is 1. The third-order valence-corrected chi connectivity index (χ3v) is 8.01. The maximum absolute atomic E-state index is 14.2. The highest BCUT2D eigenvalue weighted by Gasteiger charge is 2.27. The first-order valence-corrected chi connectivity index (χ1v) is 13.6. The lowest BCUT2D eigenvalue weighted by atomic mass is 10.1. The highest BCUT2D eigenvalue weighted by molar-refractivity contribution is 5.90. The van der Waals surface area contributed by atoms with Gasteiger partial charge in [0.15, 0.2) is 11.3 Å². The molecule has 4 aromatic rings. The molecule has 1 aromatic carbocycles. The van der Waals surface area contributed by atoms with E-state index < -0.39 is 0 Å². The van der Waals surface area contributed by atoms with Gasteiger partial charge in [0.05, 0.1) is 17.4 Å². The number of aryl methyl sites for hydroxylation is 2. The molecule has 2 aliphatic rings. The Morgan fingerprint density at radius 3 is 2.65 bits per heavy atom. The van der Waals surface area contributed by atoms with Crippen LogP contribution >= 0.6 is 0 Å². The molecule has 0 bridgehead atoms. The zero-order valence-electron chi connectivity index (χ0n) is 23.1. The Hall–Kier alpha value is -4.32. The third-order valence-electron chi connectivity index (χ3n) is 8.01. The lowest BCUT2D eigenvalue weighted by Crippen LogP contribution is -2.48. The molecule has 0 spiro atoms. The van der Waals surface area contributed by atoms with Crippen LogP contribution in [0.25, 0.3) is 27.6 Å². The number of nitrogens with zero attached hydrogens (tertiary/aromatic N) is 8. The van der Waals surface area contributed by atoms with Gasteiger partial charge in [-0.3, -0.25) is 19.3 Å². The van der Waals surface area contributed by atoms with Crippen molar-refractivity contribution in [2.45, 2.75) is 32.7 Å². The van der Waals surface area contributed by atoms with Crippen LogP contribution in [-0.2, 0) is 4.79 Å². The Morgan fingerprint density at radius 1 is 1.12 bits per heavy atom. The van der Waals surface area contributed by atoms with Crippen molar-refractivity contribution in [3.8, 4) is 11.7 Å². The Labute approximate surface area is 231 Å². The number of piperazine rings is 1. The molecule has 40 heavy (non-hydrogen) atoms. The lowest BCUT2D eigenvalue weighted by Gasteiger charge is -2.35. The van der Waals surface area contributed by atoms with Gasteiger partial charge in [-0.05, 0) is 58.0 Å². The molecule has 2 saturated heterocycles. The summed E-state index contributed by atoms with van der Waals surface area (Å²) >= 11 is 0. The summed E-state index contributed by atoms with van der Waals surface area (Å²) in [6, 6.07) is 4.32. The summed E-state index contributed by atoms with van der Waals surface area (Å²) in [7, 11) is 2.09. The van der Waals surface area contributed by atoms with Crippen LogP contribution in [0.3, 0.4) is 0 Å². The van der Waals surface area contributed by atoms with E-state index in [0.29, 0.717) is 49.9 Å². The summed E-state index contributed by atoms with van der Waals surface area (Å²) in [5.74, 6) is 0.953. The zero-order chi connectivity index (χ0) is 28.0. The number of likely N-dealkylation sites (N-methyl/N-ethyl adjacent to an activating group) is 1. The number of rotatable bonds is 6. The molecule has 2 aliphatic heterocycles. The lowest BCUT2D eigenvalue weighted by molar-refractivity contribution is -0.126. The Bertz CT molecular complexity index is 1670. The highest BCUT2D eigenvalue weighted by Crippen LogP contribution is 2.28. The van der Waals surface area contributed by atoms with Gasteiger partial charge in [-0.2, -0.15) is 15.1 Å². The summed E-state index contributed by atoms with van der Waals surface area (Å²) < 4.78 is 7.73. The molecule has 1 unspecified atom stereocenters. The number of aromatic nitrogens is 6. The van der Waals surface area contributed by atoms with E-state index in [0.717, 1.165) is 41.5 Å². The van der Waals surface area contributed by atoms with Gasteiger partial charge >= 0.3 is 6.01 Å². The van der Waals surface area contributed by atoms with Crippen molar-refractivity contribution < 1.29 is 9.53 Å². The number of H-pyrrole nitrogens is 1. The largest absolute Gasteiger partial charge is 0.462 e. The fraction of sp³-hybridized carbons (Fsp3) is 0.429. The number of benzene rings is 1. The topological polar surface area (TPSA) is 125 Å². The molecule has 3 aromatic heterocycles. The van der Waals surface area contributed by atoms with Crippen LogP contribution in [0, 0.1) is 13.8 Å². The average molecular weight is 544 g/mol. The van der Waals surface area contributed by atoms with Crippen molar-refractivity contribution in [3.63, 3.8) is 0 Å². The van der Waals surface area contributed by atoms with E-state index in [2.05, 4.69) is 33.7 Å². The second-order valence-electron chi connectivity index (χ2n) is 10.5.